The summed E-state index contributed by atoms with van der Waals surface area (Å²) >= 11 is 1.65. The maximum absolute atomic E-state index is 12.9. The van der Waals surface area contributed by atoms with Crippen molar-refractivity contribution in [3.05, 3.63) is 70.4 Å². The molecule has 1 saturated heterocycles. The average Bonchev–Trinajstić information content (AvgIpc) is 3.49. The molecule has 0 aliphatic carbocycles. The summed E-state index contributed by atoms with van der Waals surface area (Å²) in [7, 11) is 0. The summed E-state index contributed by atoms with van der Waals surface area (Å²) in [5.41, 5.74) is 1.05. The van der Waals surface area contributed by atoms with E-state index < -0.39 is 0 Å². The first kappa shape index (κ1) is 18.6. The molecule has 4 rings (SSSR count). The number of anilines is 1. The molecule has 0 unspecified atom stereocenters. The van der Waals surface area contributed by atoms with Gasteiger partial charge in [-0.25, -0.2) is 9.78 Å². The number of carbonyl (C=O) groups is 1. The van der Waals surface area contributed by atoms with Crippen molar-refractivity contribution < 1.29 is 9.21 Å². The summed E-state index contributed by atoms with van der Waals surface area (Å²) in [4.78, 5) is 22.5. The van der Waals surface area contributed by atoms with Crippen LogP contribution in [0.2, 0.25) is 0 Å². The number of rotatable bonds is 7. The molecule has 1 fully saturated rings. The van der Waals surface area contributed by atoms with E-state index in [2.05, 4.69) is 21.3 Å². The second-order valence-corrected chi connectivity index (χ2v) is 7.92. The topological polar surface area (TPSA) is 61.6 Å². The van der Waals surface area contributed by atoms with E-state index in [0.717, 1.165) is 35.1 Å². The fourth-order valence-corrected chi connectivity index (χ4v) is 4.08. The zero-order valence-electron chi connectivity index (χ0n) is 15.7. The fraction of sp³-hybridized carbons (Fsp3) is 0.333. The van der Waals surface area contributed by atoms with Gasteiger partial charge in [0.1, 0.15) is 11.6 Å². The Hall–Kier alpha value is -2.80. The van der Waals surface area contributed by atoms with Gasteiger partial charge in [0, 0.05) is 30.7 Å². The van der Waals surface area contributed by atoms with E-state index in [1.165, 1.54) is 12.8 Å². The third-order valence-corrected chi connectivity index (χ3v) is 5.69. The highest BCUT2D eigenvalue weighted by atomic mass is 32.1. The van der Waals surface area contributed by atoms with E-state index in [4.69, 9.17) is 4.42 Å². The monoisotopic (exact) mass is 396 g/mol. The van der Waals surface area contributed by atoms with Gasteiger partial charge >= 0.3 is 6.03 Å². The maximum Gasteiger partial charge on any atom is 0.318 e. The zero-order valence-corrected chi connectivity index (χ0v) is 16.5. The highest BCUT2D eigenvalue weighted by Gasteiger charge is 2.17. The predicted octanol–water partition coefficient (Wildman–Crippen LogP) is 4.25. The molecule has 3 aromatic heterocycles. The van der Waals surface area contributed by atoms with Gasteiger partial charge < -0.3 is 19.5 Å². The number of aromatic nitrogens is 1. The van der Waals surface area contributed by atoms with Crippen molar-refractivity contribution in [1.29, 1.82) is 0 Å². The van der Waals surface area contributed by atoms with Crippen molar-refractivity contribution >= 4 is 23.2 Å². The molecular weight excluding hydrogens is 372 g/mol. The molecule has 0 aromatic carbocycles. The number of pyridine rings is 1. The number of carbonyl (C=O) groups excluding carboxylic acids is 1. The van der Waals surface area contributed by atoms with Crippen LogP contribution < -0.4 is 10.2 Å². The molecule has 0 spiro atoms. The van der Waals surface area contributed by atoms with Crippen LogP contribution in [0.4, 0.5) is 10.6 Å². The third kappa shape index (κ3) is 4.72. The van der Waals surface area contributed by atoms with E-state index in [1.54, 1.807) is 22.5 Å². The molecule has 0 radical (unpaired) electrons. The van der Waals surface area contributed by atoms with Crippen molar-refractivity contribution in [2.45, 2.75) is 32.5 Å². The van der Waals surface area contributed by atoms with Gasteiger partial charge in [-0.2, -0.15) is 0 Å². The molecule has 0 atom stereocenters. The van der Waals surface area contributed by atoms with Gasteiger partial charge in [-0.15, -0.1) is 11.3 Å². The molecule has 0 bridgehead atoms. The van der Waals surface area contributed by atoms with Gasteiger partial charge in [0.25, 0.3) is 0 Å². The smallest absolute Gasteiger partial charge is 0.318 e. The van der Waals surface area contributed by atoms with E-state index in [-0.39, 0.29) is 6.03 Å². The van der Waals surface area contributed by atoms with Gasteiger partial charge in [0.15, 0.2) is 0 Å². The van der Waals surface area contributed by atoms with Crippen molar-refractivity contribution in [3.8, 4) is 0 Å². The lowest BCUT2D eigenvalue weighted by Gasteiger charge is -2.22. The van der Waals surface area contributed by atoms with Crippen LogP contribution in [0.1, 0.15) is 29.0 Å². The minimum absolute atomic E-state index is 0.107. The molecule has 3 aromatic rings. The Bertz CT molecular complexity index is 837. The van der Waals surface area contributed by atoms with Gasteiger partial charge in [0.2, 0.25) is 0 Å². The molecule has 6 nitrogen and oxygen atoms in total. The Morgan fingerprint density at radius 2 is 2.11 bits per heavy atom. The zero-order chi connectivity index (χ0) is 19.2. The van der Waals surface area contributed by atoms with Crippen molar-refractivity contribution in [1.82, 2.24) is 15.2 Å². The molecular formula is C21H24N4O2S. The van der Waals surface area contributed by atoms with Crippen LogP contribution in [-0.4, -0.2) is 29.0 Å². The Kier molecular flexibility index (Phi) is 5.92. The van der Waals surface area contributed by atoms with Crippen LogP contribution in [0.5, 0.6) is 0 Å². The van der Waals surface area contributed by atoms with Crippen LogP contribution in [0.25, 0.3) is 0 Å². The molecule has 4 heterocycles. The van der Waals surface area contributed by atoms with Crippen molar-refractivity contribution in [3.63, 3.8) is 0 Å². The first-order valence-electron chi connectivity index (χ1n) is 9.55. The standard InChI is InChI=1S/C21H24N4O2S/c26-21(23-14-17-7-8-22-20(13-17)24-9-1-2-10-24)25(15-18-5-3-11-27-18)16-19-6-4-12-28-19/h3-8,11-13H,1-2,9-10,14-16H2,(H,23,26). The minimum Gasteiger partial charge on any atom is -0.467 e. The van der Waals surface area contributed by atoms with Gasteiger partial charge in [-0.1, -0.05) is 6.07 Å². The third-order valence-electron chi connectivity index (χ3n) is 4.82. The molecule has 1 aliphatic heterocycles. The lowest BCUT2D eigenvalue weighted by molar-refractivity contribution is 0.187. The molecule has 1 N–H and O–H groups in total. The summed E-state index contributed by atoms with van der Waals surface area (Å²) < 4.78 is 5.44. The minimum atomic E-state index is -0.107. The molecule has 28 heavy (non-hydrogen) atoms. The first-order chi connectivity index (χ1) is 13.8. The number of hydrogen-bond acceptors (Lipinski definition) is 5. The average molecular weight is 397 g/mol. The summed E-state index contributed by atoms with van der Waals surface area (Å²) in [5.74, 6) is 1.77. The SMILES string of the molecule is O=C(NCc1ccnc(N2CCCC2)c1)N(Cc1ccco1)Cc1cccs1. The Morgan fingerprint density at radius 1 is 1.21 bits per heavy atom. The summed E-state index contributed by atoms with van der Waals surface area (Å²) in [6, 6.07) is 11.7. The number of amides is 2. The summed E-state index contributed by atoms with van der Waals surface area (Å²) in [5, 5.41) is 5.07. The number of furan rings is 1. The lowest BCUT2D eigenvalue weighted by atomic mass is 10.2. The highest BCUT2D eigenvalue weighted by molar-refractivity contribution is 7.09. The van der Waals surface area contributed by atoms with Gasteiger partial charge in [-0.05, 0) is 54.1 Å². The second kappa shape index (κ2) is 8.93. The Morgan fingerprint density at radius 3 is 2.86 bits per heavy atom. The second-order valence-electron chi connectivity index (χ2n) is 6.89. The Balaban J connectivity index is 1.40. The normalized spacial score (nSPS) is 13.6. The molecule has 146 valence electrons. The molecule has 7 heteroatoms. The number of nitrogens with zero attached hydrogens (tertiary/aromatic N) is 3. The van der Waals surface area contributed by atoms with E-state index in [9.17, 15) is 4.79 Å². The van der Waals surface area contributed by atoms with Crippen LogP contribution in [0.15, 0.2) is 58.7 Å². The lowest BCUT2D eigenvalue weighted by Crippen LogP contribution is -2.38. The van der Waals surface area contributed by atoms with E-state index in [0.29, 0.717) is 19.6 Å². The largest absolute Gasteiger partial charge is 0.467 e. The van der Waals surface area contributed by atoms with Crippen molar-refractivity contribution in [2.24, 2.45) is 0 Å². The molecule has 2 amide bonds. The fourth-order valence-electron chi connectivity index (χ4n) is 3.36. The number of nitrogens with one attached hydrogen (secondary N) is 1. The van der Waals surface area contributed by atoms with Gasteiger partial charge in [-0.3, -0.25) is 0 Å². The predicted molar refractivity (Wildman–Crippen MR) is 110 cm³/mol. The summed E-state index contributed by atoms with van der Waals surface area (Å²) in [6.45, 7) is 3.58. The summed E-state index contributed by atoms with van der Waals surface area (Å²) in [6.07, 6.45) is 5.88. The molecule has 1 aliphatic rings. The highest BCUT2D eigenvalue weighted by Crippen LogP contribution is 2.19. The molecule has 0 saturated carbocycles. The Labute approximate surface area is 168 Å². The van der Waals surface area contributed by atoms with Crippen LogP contribution >= 0.6 is 11.3 Å². The van der Waals surface area contributed by atoms with Crippen LogP contribution in [0, 0.1) is 0 Å². The first-order valence-corrected chi connectivity index (χ1v) is 10.4. The van der Waals surface area contributed by atoms with E-state index >= 15 is 0 Å². The number of thiophene rings is 1. The maximum atomic E-state index is 12.9. The van der Waals surface area contributed by atoms with Crippen LogP contribution in [0.3, 0.4) is 0 Å². The number of urea groups is 1. The van der Waals surface area contributed by atoms with Crippen molar-refractivity contribution in [2.75, 3.05) is 18.0 Å². The quantitative estimate of drug-likeness (QED) is 0.649. The van der Waals surface area contributed by atoms with Crippen LogP contribution in [-0.2, 0) is 19.6 Å². The van der Waals surface area contributed by atoms with E-state index in [1.807, 2.05) is 41.9 Å². The van der Waals surface area contributed by atoms with Gasteiger partial charge in [0.05, 0.1) is 19.4 Å². The number of hydrogen-bond donors (Lipinski definition) is 1.